The molecule has 0 fully saturated rings. The van der Waals surface area contributed by atoms with Crippen LogP contribution < -0.4 is 0 Å². The smallest absolute Gasteiger partial charge is 0.759 e. The zero-order chi connectivity index (χ0) is 9.00. The van der Waals surface area contributed by atoms with E-state index in [-0.39, 0.29) is 65.9 Å². The van der Waals surface area contributed by atoms with Crippen LogP contribution in [0.5, 0.6) is 0 Å². The summed E-state index contributed by atoms with van der Waals surface area (Å²) in [5, 5.41) is 0. The molecular weight excluding hydrogens is 385 g/mol. The van der Waals surface area contributed by atoms with Crippen molar-refractivity contribution in [2.45, 2.75) is 0 Å². The molecule has 0 saturated heterocycles. The predicted octanol–water partition coefficient (Wildman–Crippen LogP) is -3.06. The molecular formula is BaFeO8S2. The van der Waals surface area contributed by atoms with Crippen LogP contribution in [0.25, 0.3) is 0 Å². The van der Waals surface area contributed by atoms with Crippen molar-refractivity contribution < 1.29 is 52.1 Å². The molecule has 0 aromatic rings. The summed E-state index contributed by atoms with van der Waals surface area (Å²) in [5.74, 6) is 0. The van der Waals surface area contributed by atoms with E-state index >= 15 is 0 Å². The minimum Gasteiger partial charge on any atom is -0.759 e. The molecule has 0 saturated carbocycles. The van der Waals surface area contributed by atoms with Crippen molar-refractivity contribution in [1.82, 2.24) is 0 Å². The predicted molar refractivity (Wildman–Crippen MR) is 26.7 cm³/mol. The van der Waals surface area contributed by atoms with E-state index in [4.69, 9.17) is 35.0 Å². The summed E-state index contributed by atoms with van der Waals surface area (Å²) in [6, 6.07) is 0. The molecule has 0 N–H and O–H groups in total. The average molecular weight is 385 g/mol. The van der Waals surface area contributed by atoms with Gasteiger partial charge in [-0.1, -0.05) is 0 Å². The van der Waals surface area contributed by atoms with Gasteiger partial charge in [-0.05, 0) is 0 Å². The van der Waals surface area contributed by atoms with Gasteiger partial charge in [-0.25, -0.2) is 0 Å². The van der Waals surface area contributed by atoms with Crippen molar-refractivity contribution in [3.8, 4) is 0 Å². The van der Waals surface area contributed by atoms with E-state index in [2.05, 4.69) is 0 Å². The molecule has 12 heavy (non-hydrogen) atoms. The van der Waals surface area contributed by atoms with E-state index in [9.17, 15) is 0 Å². The number of hydrogen-bond donors (Lipinski definition) is 0. The quantitative estimate of drug-likeness (QED) is 0.241. The van der Waals surface area contributed by atoms with Crippen LogP contribution >= 0.6 is 0 Å². The first-order chi connectivity index (χ1) is 4.00. The van der Waals surface area contributed by atoms with E-state index in [0.717, 1.165) is 0 Å². The molecule has 12 heteroatoms. The summed E-state index contributed by atoms with van der Waals surface area (Å²) in [7, 11) is -10.3. The van der Waals surface area contributed by atoms with E-state index in [1.165, 1.54) is 0 Å². The summed E-state index contributed by atoms with van der Waals surface area (Å²) in [4.78, 5) is 0. The van der Waals surface area contributed by atoms with Crippen molar-refractivity contribution in [1.29, 1.82) is 0 Å². The van der Waals surface area contributed by atoms with E-state index < -0.39 is 20.8 Å². The van der Waals surface area contributed by atoms with Gasteiger partial charge >= 0.3 is 65.9 Å². The van der Waals surface area contributed by atoms with Crippen LogP contribution in [-0.4, -0.2) is 83.9 Å². The van der Waals surface area contributed by atoms with Gasteiger partial charge in [0.2, 0.25) is 0 Å². The Morgan fingerprint density at radius 3 is 0.667 bits per heavy atom. The van der Waals surface area contributed by atoms with E-state index in [0.29, 0.717) is 0 Å². The molecule has 0 rings (SSSR count). The van der Waals surface area contributed by atoms with Crippen LogP contribution in [0.4, 0.5) is 0 Å². The summed E-state index contributed by atoms with van der Waals surface area (Å²) in [6.07, 6.45) is 0. The number of hydrogen-bond acceptors (Lipinski definition) is 8. The summed E-state index contributed by atoms with van der Waals surface area (Å²) in [6.45, 7) is 0. The van der Waals surface area contributed by atoms with Crippen molar-refractivity contribution in [2.75, 3.05) is 0 Å². The van der Waals surface area contributed by atoms with Gasteiger partial charge in [-0.3, -0.25) is 16.8 Å². The first kappa shape index (κ1) is 23.6. The maximum atomic E-state index is 8.52. The van der Waals surface area contributed by atoms with Crippen LogP contribution in [0.15, 0.2) is 0 Å². The van der Waals surface area contributed by atoms with Gasteiger partial charge in [0.1, 0.15) is 0 Å². The second-order valence-corrected chi connectivity index (χ2v) is 2.45. The topological polar surface area (TPSA) is 161 Å². The Kier molecular flexibility index (Phi) is 18.4. The van der Waals surface area contributed by atoms with Crippen LogP contribution in [0, 0.1) is 0 Å². The van der Waals surface area contributed by atoms with Crippen LogP contribution in [-0.2, 0) is 37.9 Å². The molecule has 0 aromatic heterocycles. The number of rotatable bonds is 0. The second-order valence-electron chi connectivity index (χ2n) is 0.816. The fraction of sp³-hybridized carbons (Fsp3) is 0. The van der Waals surface area contributed by atoms with Gasteiger partial charge in [0, 0.05) is 20.8 Å². The maximum Gasteiger partial charge on any atom is 2.00 e. The van der Waals surface area contributed by atoms with Gasteiger partial charge in [0.15, 0.2) is 0 Å². The third-order valence-corrected chi connectivity index (χ3v) is 0. The zero-order valence-corrected chi connectivity index (χ0v) is 12.3. The monoisotopic (exact) mass is 386 g/mol. The van der Waals surface area contributed by atoms with Crippen molar-refractivity contribution in [2.24, 2.45) is 0 Å². The standard InChI is InChI=1S/Ba.Fe.2H2O4S/c;;2*1-5(2,3)4/h;;2*(H2,1,2,3,4)/q2*+2;;/p-4. The van der Waals surface area contributed by atoms with Crippen LogP contribution in [0.3, 0.4) is 0 Å². The van der Waals surface area contributed by atoms with E-state index in [1.807, 2.05) is 0 Å². The van der Waals surface area contributed by atoms with Crippen LogP contribution in [0.1, 0.15) is 0 Å². The van der Waals surface area contributed by atoms with Gasteiger partial charge in [-0.15, -0.1) is 0 Å². The van der Waals surface area contributed by atoms with Gasteiger partial charge in [-0.2, -0.15) is 0 Å². The molecule has 0 spiro atoms. The molecule has 70 valence electrons. The first-order valence-electron chi connectivity index (χ1n) is 1.33. The van der Waals surface area contributed by atoms with Crippen molar-refractivity contribution >= 4 is 69.7 Å². The summed E-state index contributed by atoms with van der Waals surface area (Å²) < 4.78 is 68.2. The molecule has 0 unspecified atom stereocenters. The molecule has 0 aromatic carbocycles. The third-order valence-electron chi connectivity index (χ3n) is 0. The molecule has 0 radical (unpaired) electrons. The fourth-order valence-electron chi connectivity index (χ4n) is 0. The normalized spacial score (nSPS) is 9.67. The molecule has 8 nitrogen and oxygen atoms in total. The van der Waals surface area contributed by atoms with E-state index in [1.54, 1.807) is 0 Å². The molecule has 0 aliphatic rings. The van der Waals surface area contributed by atoms with Crippen molar-refractivity contribution in [3.63, 3.8) is 0 Å². The Morgan fingerprint density at radius 2 is 0.667 bits per heavy atom. The Balaban J connectivity index is -0.0000000457. The summed E-state index contributed by atoms with van der Waals surface area (Å²) in [5.41, 5.74) is 0. The Morgan fingerprint density at radius 1 is 0.667 bits per heavy atom. The van der Waals surface area contributed by atoms with Gasteiger partial charge < -0.3 is 18.2 Å². The molecule has 0 aliphatic carbocycles. The average Bonchev–Trinajstić information content (AvgIpc) is 1.12. The zero-order valence-electron chi connectivity index (χ0n) is 5.14. The van der Waals surface area contributed by atoms with Crippen molar-refractivity contribution in [3.05, 3.63) is 0 Å². The molecule has 0 amide bonds. The largest absolute Gasteiger partial charge is 2.00 e. The van der Waals surface area contributed by atoms with Gasteiger partial charge in [0.25, 0.3) is 0 Å². The molecule has 0 heterocycles. The minimum atomic E-state index is -5.17. The Bertz CT molecular complexity index is 213. The maximum absolute atomic E-state index is 8.52. The minimum absolute atomic E-state index is 0. The summed E-state index contributed by atoms with van der Waals surface area (Å²) >= 11 is 0. The van der Waals surface area contributed by atoms with Gasteiger partial charge in [0.05, 0.1) is 0 Å². The SMILES string of the molecule is O=S(=O)([O-])[O-].O=S(=O)([O-])[O-].[Ba+2].[Fe+2]. The Labute approximate surface area is 120 Å². The second kappa shape index (κ2) is 9.39. The van der Waals surface area contributed by atoms with Crippen LogP contribution in [0.2, 0.25) is 0 Å². The Hall–Kier alpha value is 1.83. The third kappa shape index (κ3) is 414. The fourth-order valence-corrected chi connectivity index (χ4v) is 0. The molecule has 0 aliphatic heterocycles. The molecule has 0 atom stereocenters. The first-order valence-corrected chi connectivity index (χ1v) is 4.00. The molecule has 0 bridgehead atoms.